The van der Waals surface area contributed by atoms with Gasteiger partial charge in [-0.05, 0) is 35.6 Å². The summed E-state index contributed by atoms with van der Waals surface area (Å²) >= 11 is 1.19. The standard InChI is InChI=1S/C19H15F3N4S/c20-6-1-7-27-26-16-5-4-15(21)17(18(16)22)11-2-3-13-12(8-11)9-23-19-14(13)10-24-25-19/h2-5,8-10,26H,1,6-7H2,(H,23,24,25). The highest BCUT2D eigenvalue weighted by atomic mass is 32.2. The maximum absolute atomic E-state index is 14.9. The van der Waals surface area contributed by atoms with Crippen LogP contribution in [-0.2, 0) is 0 Å². The van der Waals surface area contributed by atoms with E-state index in [1.54, 1.807) is 30.6 Å². The number of hydrogen-bond donors (Lipinski definition) is 2. The van der Waals surface area contributed by atoms with Crippen molar-refractivity contribution in [1.82, 2.24) is 15.2 Å². The number of nitrogens with zero attached hydrogens (tertiary/aromatic N) is 2. The second-order valence-corrected chi connectivity index (χ2v) is 6.87. The van der Waals surface area contributed by atoms with Gasteiger partial charge in [0.05, 0.1) is 24.1 Å². The van der Waals surface area contributed by atoms with Crippen LogP contribution in [-0.4, -0.2) is 27.6 Å². The number of fused-ring (bicyclic) bond motifs is 3. The molecule has 2 aromatic heterocycles. The number of aromatic nitrogens is 3. The molecule has 138 valence electrons. The van der Waals surface area contributed by atoms with E-state index in [9.17, 15) is 13.2 Å². The van der Waals surface area contributed by atoms with E-state index in [0.717, 1.165) is 16.2 Å². The van der Waals surface area contributed by atoms with Gasteiger partial charge < -0.3 is 4.72 Å². The molecule has 4 aromatic rings. The van der Waals surface area contributed by atoms with Crippen LogP contribution in [0.4, 0.5) is 18.9 Å². The van der Waals surface area contributed by atoms with Gasteiger partial charge in [0, 0.05) is 22.7 Å². The minimum absolute atomic E-state index is 0.111. The van der Waals surface area contributed by atoms with Crippen LogP contribution < -0.4 is 4.72 Å². The van der Waals surface area contributed by atoms with Gasteiger partial charge in [-0.25, -0.2) is 13.8 Å². The first kappa shape index (κ1) is 17.7. The largest absolute Gasteiger partial charge is 0.327 e. The molecule has 0 amide bonds. The normalized spacial score (nSPS) is 11.4. The lowest BCUT2D eigenvalue weighted by atomic mass is 10.00. The lowest BCUT2D eigenvalue weighted by Gasteiger charge is -2.12. The average molecular weight is 388 g/mol. The van der Waals surface area contributed by atoms with Gasteiger partial charge in [-0.3, -0.25) is 9.49 Å². The van der Waals surface area contributed by atoms with Crippen LogP contribution in [0.3, 0.4) is 0 Å². The Labute approximate surface area is 157 Å². The van der Waals surface area contributed by atoms with E-state index in [1.807, 2.05) is 0 Å². The topological polar surface area (TPSA) is 53.6 Å². The van der Waals surface area contributed by atoms with Crippen LogP contribution in [0.25, 0.3) is 32.9 Å². The second-order valence-electron chi connectivity index (χ2n) is 5.97. The molecule has 0 fully saturated rings. The first-order chi connectivity index (χ1) is 13.2. The minimum Gasteiger partial charge on any atom is -0.327 e. The zero-order chi connectivity index (χ0) is 18.8. The maximum Gasteiger partial charge on any atom is 0.157 e. The van der Waals surface area contributed by atoms with Crippen molar-refractivity contribution in [3.8, 4) is 11.1 Å². The molecule has 2 heterocycles. The van der Waals surface area contributed by atoms with Crippen molar-refractivity contribution >= 4 is 39.4 Å². The molecule has 27 heavy (non-hydrogen) atoms. The molecular weight excluding hydrogens is 373 g/mol. The zero-order valence-corrected chi connectivity index (χ0v) is 14.9. The molecule has 0 aliphatic heterocycles. The highest BCUT2D eigenvalue weighted by Crippen LogP contribution is 2.34. The summed E-state index contributed by atoms with van der Waals surface area (Å²) in [7, 11) is 0. The molecule has 0 aliphatic rings. The highest BCUT2D eigenvalue weighted by Gasteiger charge is 2.16. The lowest BCUT2D eigenvalue weighted by molar-refractivity contribution is 0.489. The van der Waals surface area contributed by atoms with Gasteiger partial charge in [0.1, 0.15) is 5.82 Å². The fraction of sp³-hybridized carbons (Fsp3) is 0.158. The van der Waals surface area contributed by atoms with E-state index < -0.39 is 18.3 Å². The van der Waals surface area contributed by atoms with Gasteiger partial charge in [0.15, 0.2) is 11.5 Å². The summed E-state index contributed by atoms with van der Waals surface area (Å²) < 4.78 is 44.3. The average Bonchev–Trinajstić information content (AvgIpc) is 3.16. The Bertz CT molecular complexity index is 1110. The van der Waals surface area contributed by atoms with Gasteiger partial charge in [0.25, 0.3) is 0 Å². The van der Waals surface area contributed by atoms with Crippen molar-refractivity contribution in [2.24, 2.45) is 0 Å². The van der Waals surface area contributed by atoms with Crippen molar-refractivity contribution in [2.75, 3.05) is 17.1 Å². The van der Waals surface area contributed by atoms with Gasteiger partial charge >= 0.3 is 0 Å². The summed E-state index contributed by atoms with van der Waals surface area (Å²) in [5.41, 5.74) is 1.13. The third-order valence-corrected chi connectivity index (χ3v) is 5.09. The second kappa shape index (κ2) is 7.48. The van der Waals surface area contributed by atoms with Crippen LogP contribution in [0, 0.1) is 11.6 Å². The third kappa shape index (κ3) is 3.32. The monoisotopic (exact) mass is 388 g/mol. The van der Waals surface area contributed by atoms with Crippen molar-refractivity contribution in [3.05, 3.63) is 54.4 Å². The molecule has 4 nitrogen and oxygen atoms in total. The zero-order valence-electron chi connectivity index (χ0n) is 14.1. The van der Waals surface area contributed by atoms with E-state index in [-0.39, 0.29) is 11.3 Å². The number of alkyl halides is 1. The van der Waals surface area contributed by atoms with Crippen molar-refractivity contribution in [1.29, 1.82) is 0 Å². The highest BCUT2D eigenvalue weighted by molar-refractivity contribution is 8.00. The number of nitrogens with one attached hydrogen (secondary N) is 2. The first-order valence-corrected chi connectivity index (χ1v) is 9.31. The molecule has 0 spiro atoms. The summed E-state index contributed by atoms with van der Waals surface area (Å²) in [6.07, 6.45) is 3.68. The smallest absolute Gasteiger partial charge is 0.157 e. The van der Waals surface area contributed by atoms with Crippen LogP contribution in [0.5, 0.6) is 0 Å². The fourth-order valence-corrected chi connectivity index (χ4v) is 3.60. The van der Waals surface area contributed by atoms with Gasteiger partial charge in [-0.15, -0.1) is 0 Å². The minimum atomic E-state index is -0.681. The van der Waals surface area contributed by atoms with Gasteiger partial charge in [-0.2, -0.15) is 5.10 Å². The van der Waals surface area contributed by atoms with E-state index in [4.69, 9.17) is 0 Å². The van der Waals surface area contributed by atoms with Crippen LogP contribution in [0.2, 0.25) is 0 Å². The Hall–Kier alpha value is -2.74. The number of aromatic amines is 1. The van der Waals surface area contributed by atoms with Crippen LogP contribution >= 0.6 is 11.9 Å². The molecule has 0 unspecified atom stereocenters. The molecule has 0 aliphatic carbocycles. The van der Waals surface area contributed by atoms with E-state index in [2.05, 4.69) is 19.9 Å². The quantitative estimate of drug-likeness (QED) is 0.339. The van der Waals surface area contributed by atoms with Gasteiger partial charge in [0.2, 0.25) is 0 Å². The number of pyridine rings is 1. The molecule has 0 saturated heterocycles. The molecule has 0 radical (unpaired) electrons. The summed E-state index contributed by atoms with van der Waals surface area (Å²) in [4.78, 5) is 4.27. The Morgan fingerprint density at radius 3 is 2.81 bits per heavy atom. The molecule has 4 rings (SSSR count). The van der Waals surface area contributed by atoms with Crippen molar-refractivity contribution < 1.29 is 13.2 Å². The molecule has 8 heteroatoms. The summed E-state index contributed by atoms with van der Waals surface area (Å²) in [6, 6.07) is 7.75. The number of hydrogen-bond acceptors (Lipinski definition) is 4. The maximum atomic E-state index is 14.9. The summed E-state index contributed by atoms with van der Waals surface area (Å²) in [5.74, 6) is -0.840. The molecule has 0 saturated carbocycles. The lowest BCUT2D eigenvalue weighted by Crippen LogP contribution is -1.98. The Kier molecular flexibility index (Phi) is 4.89. The Morgan fingerprint density at radius 1 is 1.07 bits per heavy atom. The van der Waals surface area contributed by atoms with Crippen molar-refractivity contribution in [2.45, 2.75) is 6.42 Å². The number of benzene rings is 2. The molecule has 0 atom stereocenters. The molecular formula is C19H15F3N4S. The predicted octanol–water partition coefficient (Wildman–Crippen LogP) is 5.48. The third-order valence-electron chi connectivity index (χ3n) is 4.24. The van der Waals surface area contributed by atoms with Gasteiger partial charge in [-0.1, -0.05) is 24.1 Å². The van der Waals surface area contributed by atoms with E-state index in [0.29, 0.717) is 23.4 Å². The predicted molar refractivity (Wildman–Crippen MR) is 103 cm³/mol. The summed E-state index contributed by atoms with van der Waals surface area (Å²) in [5, 5.41) is 9.27. The molecule has 2 aromatic carbocycles. The van der Waals surface area contributed by atoms with E-state index >= 15 is 0 Å². The van der Waals surface area contributed by atoms with E-state index in [1.165, 1.54) is 24.1 Å². The number of rotatable bonds is 6. The fourth-order valence-electron chi connectivity index (χ4n) is 2.93. The Balaban J connectivity index is 1.74. The first-order valence-electron chi connectivity index (χ1n) is 8.33. The SMILES string of the molecule is FCCCSNc1ccc(F)c(-c2ccc3c(cnc4[nH]ncc43)c2)c1F. The number of halogens is 3. The van der Waals surface area contributed by atoms with Crippen LogP contribution in [0.1, 0.15) is 6.42 Å². The number of H-pyrrole nitrogens is 1. The molecule has 2 N–H and O–H groups in total. The van der Waals surface area contributed by atoms with Crippen LogP contribution in [0.15, 0.2) is 42.7 Å². The number of anilines is 1. The van der Waals surface area contributed by atoms with Crippen molar-refractivity contribution in [3.63, 3.8) is 0 Å². The summed E-state index contributed by atoms with van der Waals surface area (Å²) in [6.45, 7) is -0.430. The molecule has 0 bridgehead atoms. The Morgan fingerprint density at radius 2 is 1.96 bits per heavy atom.